The monoisotopic (exact) mass is 380 g/mol. The van der Waals surface area contributed by atoms with Gasteiger partial charge < -0.3 is 14.9 Å². The van der Waals surface area contributed by atoms with E-state index in [9.17, 15) is 18.3 Å². The van der Waals surface area contributed by atoms with Crippen molar-refractivity contribution in [2.24, 2.45) is 0 Å². The van der Waals surface area contributed by atoms with Crippen LogP contribution in [0.2, 0.25) is 0 Å². The average Bonchev–Trinajstić information content (AvgIpc) is 3.02. The SMILES string of the molecule is CC.CSc1cc2c(c(C(C)(C)CC(O)(CO)C(F)(F)F)c1)OCC2. The first-order valence-electron chi connectivity index (χ1n) is 8.28. The van der Waals surface area contributed by atoms with Crippen LogP contribution in [0.4, 0.5) is 13.2 Å². The predicted molar refractivity (Wildman–Crippen MR) is 94.5 cm³/mol. The highest BCUT2D eigenvalue weighted by Crippen LogP contribution is 2.46. The summed E-state index contributed by atoms with van der Waals surface area (Å²) in [5.74, 6) is 0.607. The number of aliphatic hydroxyl groups excluding tert-OH is 1. The molecule has 2 N–H and O–H groups in total. The van der Waals surface area contributed by atoms with Gasteiger partial charge in [-0.2, -0.15) is 13.2 Å². The number of rotatable bonds is 5. The Bertz CT molecular complexity index is 588. The van der Waals surface area contributed by atoms with Crippen molar-refractivity contribution < 1.29 is 28.1 Å². The molecule has 144 valence electrons. The van der Waals surface area contributed by atoms with E-state index < -0.39 is 30.2 Å². The molecule has 3 nitrogen and oxygen atoms in total. The van der Waals surface area contributed by atoms with Gasteiger partial charge >= 0.3 is 6.18 Å². The van der Waals surface area contributed by atoms with Crippen LogP contribution in [0.15, 0.2) is 17.0 Å². The number of benzene rings is 1. The van der Waals surface area contributed by atoms with Crippen LogP contribution in [0.5, 0.6) is 5.75 Å². The van der Waals surface area contributed by atoms with Gasteiger partial charge in [0.25, 0.3) is 0 Å². The number of halogens is 3. The van der Waals surface area contributed by atoms with Crippen molar-refractivity contribution in [1.29, 1.82) is 0 Å². The largest absolute Gasteiger partial charge is 0.493 e. The third kappa shape index (κ3) is 4.63. The average molecular weight is 380 g/mol. The summed E-state index contributed by atoms with van der Waals surface area (Å²) in [6.07, 6.45) is -2.93. The van der Waals surface area contributed by atoms with E-state index in [0.29, 0.717) is 17.9 Å². The summed E-state index contributed by atoms with van der Waals surface area (Å²) in [5, 5.41) is 19.0. The first kappa shape index (κ1) is 22.1. The van der Waals surface area contributed by atoms with E-state index >= 15 is 0 Å². The van der Waals surface area contributed by atoms with Crippen LogP contribution in [0.25, 0.3) is 0 Å². The highest BCUT2D eigenvalue weighted by Gasteiger charge is 2.56. The van der Waals surface area contributed by atoms with Gasteiger partial charge in [0.1, 0.15) is 5.75 Å². The maximum atomic E-state index is 13.1. The van der Waals surface area contributed by atoms with Crippen molar-refractivity contribution in [3.63, 3.8) is 0 Å². The number of aliphatic hydroxyl groups is 2. The van der Waals surface area contributed by atoms with Crippen molar-refractivity contribution >= 4 is 11.8 Å². The number of alkyl halides is 3. The highest BCUT2D eigenvalue weighted by atomic mass is 32.2. The fourth-order valence-corrected chi connectivity index (χ4v) is 3.47. The van der Waals surface area contributed by atoms with Crippen molar-refractivity contribution in [3.8, 4) is 5.75 Å². The maximum Gasteiger partial charge on any atom is 0.419 e. The van der Waals surface area contributed by atoms with E-state index in [1.807, 2.05) is 32.2 Å². The number of ether oxygens (including phenoxy) is 1. The molecule has 0 aromatic heterocycles. The summed E-state index contributed by atoms with van der Waals surface area (Å²) < 4.78 is 45.0. The van der Waals surface area contributed by atoms with E-state index in [4.69, 9.17) is 9.84 Å². The molecule has 0 aliphatic carbocycles. The molecular weight excluding hydrogens is 353 g/mol. The van der Waals surface area contributed by atoms with Gasteiger partial charge in [0.05, 0.1) is 13.2 Å². The number of hydrogen-bond donors (Lipinski definition) is 2. The minimum absolute atomic E-state index is 0.500. The van der Waals surface area contributed by atoms with Crippen molar-refractivity contribution in [2.75, 3.05) is 19.5 Å². The standard InChI is InChI=1S/C16H21F3O3S.C2H6/c1-14(2,8-15(21,9-20)16(17,18)19)12-7-11(23-3)6-10-4-5-22-13(10)12;1-2/h6-7,20-21H,4-5,8-9H2,1-3H3;1-2H3. The lowest BCUT2D eigenvalue weighted by Gasteiger charge is -2.37. The molecular formula is C18H27F3O3S. The Hall–Kier alpha value is -0.920. The molecule has 1 aromatic rings. The summed E-state index contributed by atoms with van der Waals surface area (Å²) in [6.45, 7) is 6.38. The second kappa shape index (κ2) is 8.18. The van der Waals surface area contributed by atoms with Gasteiger partial charge in [-0.25, -0.2) is 0 Å². The summed E-state index contributed by atoms with van der Waals surface area (Å²) in [7, 11) is 0. The quantitative estimate of drug-likeness (QED) is 0.747. The first-order valence-corrected chi connectivity index (χ1v) is 9.51. The van der Waals surface area contributed by atoms with Gasteiger partial charge in [-0.3, -0.25) is 0 Å². The molecule has 2 rings (SSSR count). The summed E-state index contributed by atoms with van der Waals surface area (Å²) >= 11 is 1.50. The van der Waals surface area contributed by atoms with Gasteiger partial charge in [-0.1, -0.05) is 27.7 Å². The molecule has 1 heterocycles. The lowest BCUT2D eigenvalue weighted by Crippen LogP contribution is -2.52. The molecule has 1 aliphatic heterocycles. The van der Waals surface area contributed by atoms with Gasteiger partial charge in [0.15, 0.2) is 5.60 Å². The fraction of sp³-hybridized carbons (Fsp3) is 0.667. The number of hydrogen-bond acceptors (Lipinski definition) is 4. The van der Waals surface area contributed by atoms with E-state index in [1.165, 1.54) is 11.8 Å². The van der Waals surface area contributed by atoms with Crippen molar-refractivity contribution in [3.05, 3.63) is 23.3 Å². The van der Waals surface area contributed by atoms with Crippen LogP contribution >= 0.6 is 11.8 Å². The molecule has 1 atom stereocenters. The Kier molecular flexibility index (Phi) is 7.24. The van der Waals surface area contributed by atoms with E-state index in [1.54, 1.807) is 13.8 Å². The van der Waals surface area contributed by atoms with Gasteiger partial charge in [0, 0.05) is 16.9 Å². The molecule has 25 heavy (non-hydrogen) atoms. The van der Waals surface area contributed by atoms with E-state index in [-0.39, 0.29) is 0 Å². The van der Waals surface area contributed by atoms with E-state index in [2.05, 4.69) is 0 Å². The number of thioether (sulfide) groups is 1. The molecule has 0 spiro atoms. The predicted octanol–water partition coefficient (Wildman–Crippen LogP) is 4.32. The molecule has 0 fully saturated rings. The molecule has 0 saturated carbocycles. The van der Waals surface area contributed by atoms with Crippen LogP contribution < -0.4 is 4.74 Å². The van der Waals surface area contributed by atoms with Crippen LogP contribution in [0.1, 0.15) is 45.2 Å². The van der Waals surface area contributed by atoms with Gasteiger partial charge in [-0.15, -0.1) is 11.8 Å². The molecule has 1 aromatic carbocycles. The van der Waals surface area contributed by atoms with Gasteiger partial charge in [-0.05, 0) is 35.8 Å². The van der Waals surface area contributed by atoms with Gasteiger partial charge in [0.2, 0.25) is 0 Å². The van der Waals surface area contributed by atoms with Crippen LogP contribution in [0.3, 0.4) is 0 Å². The zero-order valence-corrected chi connectivity index (χ0v) is 16.1. The summed E-state index contributed by atoms with van der Waals surface area (Å²) in [5.41, 5.74) is -2.56. The molecule has 1 unspecified atom stereocenters. The smallest absolute Gasteiger partial charge is 0.419 e. The zero-order valence-electron chi connectivity index (χ0n) is 15.3. The first-order chi connectivity index (χ1) is 11.5. The summed E-state index contributed by atoms with van der Waals surface area (Å²) in [4.78, 5) is 0.942. The summed E-state index contributed by atoms with van der Waals surface area (Å²) in [6, 6.07) is 3.79. The van der Waals surface area contributed by atoms with E-state index in [0.717, 1.165) is 16.9 Å². The molecule has 1 aliphatic rings. The third-order valence-electron chi connectivity index (χ3n) is 4.25. The molecule has 0 radical (unpaired) electrons. The number of fused-ring (bicyclic) bond motifs is 1. The molecule has 0 amide bonds. The topological polar surface area (TPSA) is 49.7 Å². The third-order valence-corrected chi connectivity index (χ3v) is 4.95. The van der Waals surface area contributed by atoms with Crippen LogP contribution in [-0.4, -0.2) is 41.5 Å². The highest BCUT2D eigenvalue weighted by molar-refractivity contribution is 7.98. The fourth-order valence-electron chi connectivity index (χ4n) is 2.97. The molecule has 0 saturated heterocycles. The minimum Gasteiger partial charge on any atom is -0.493 e. The minimum atomic E-state index is -4.90. The normalized spacial score (nSPS) is 16.4. The Balaban J connectivity index is 0.00000151. The second-order valence-corrected chi connectivity index (χ2v) is 7.39. The Morgan fingerprint density at radius 2 is 1.80 bits per heavy atom. The molecule has 0 bridgehead atoms. The Morgan fingerprint density at radius 1 is 1.20 bits per heavy atom. The lowest BCUT2D eigenvalue weighted by atomic mass is 9.74. The molecule has 7 heteroatoms. The van der Waals surface area contributed by atoms with Crippen molar-refractivity contribution in [2.45, 2.75) is 62.6 Å². The Morgan fingerprint density at radius 3 is 2.28 bits per heavy atom. The zero-order chi connectivity index (χ0) is 19.5. The van der Waals surface area contributed by atoms with Crippen LogP contribution in [-0.2, 0) is 11.8 Å². The Labute approximate surface area is 151 Å². The lowest BCUT2D eigenvalue weighted by molar-refractivity contribution is -0.277. The van der Waals surface area contributed by atoms with Crippen molar-refractivity contribution in [1.82, 2.24) is 0 Å². The second-order valence-electron chi connectivity index (χ2n) is 6.51. The maximum absolute atomic E-state index is 13.1. The van der Waals surface area contributed by atoms with Crippen LogP contribution in [0, 0.1) is 0 Å².